The highest BCUT2D eigenvalue weighted by Gasteiger charge is 2.20. The lowest BCUT2D eigenvalue weighted by atomic mass is 9.98. The van der Waals surface area contributed by atoms with E-state index in [1.165, 1.54) is 18.5 Å². The van der Waals surface area contributed by atoms with Crippen LogP contribution < -0.4 is 4.72 Å². The number of nitrogens with zero attached hydrogens (tertiary/aromatic N) is 1. The lowest BCUT2D eigenvalue weighted by Crippen LogP contribution is -2.32. The van der Waals surface area contributed by atoms with Gasteiger partial charge in [-0.1, -0.05) is 32.4 Å². The summed E-state index contributed by atoms with van der Waals surface area (Å²) in [6, 6.07) is 1.45. The van der Waals surface area contributed by atoms with Crippen LogP contribution in [0.5, 0.6) is 0 Å². The maximum absolute atomic E-state index is 11.9. The van der Waals surface area contributed by atoms with Crippen molar-refractivity contribution < 1.29 is 8.42 Å². The summed E-state index contributed by atoms with van der Waals surface area (Å²) in [7, 11) is -3.57. The van der Waals surface area contributed by atoms with Crippen molar-refractivity contribution in [2.45, 2.75) is 25.7 Å². The summed E-state index contributed by atoms with van der Waals surface area (Å²) in [5.74, 6) is 0. The molecular weight excluding hydrogens is 248 g/mol. The summed E-state index contributed by atoms with van der Waals surface area (Å²) in [6.45, 7) is 6.18. The lowest BCUT2D eigenvalue weighted by molar-refractivity contribution is 0.407. The second-order valence-corrected chi connectivity index (χ2v) is 6.83. The van der Waals surface area contributed by atoms with Gasteiger partial charge in [-0.2, -0.15) is 0 Å². The Bertz CT molecular complexity index is 466. The average Bonchev–Trinajstić information content (AvgIpc) is 2.14. The van der Waals surface area contributed by atoms with Gasteiger partial charge in [0.2, 0.25) is 10.0 Å². The van der Waals surface area contributed by atoms with Crippen LogP contribution in [0.3, 0.4) is 0 Å². The van der Waals surface area contributed by atoms with Crippen LogP contribution in [0.15, 0.2) is 23.4 Å². The standard InChI is InChI=1S/C10H15ClN2O2S/c1-10(2,3)7-13-16(14,15)9-6-12-5-4-8(9)11/h4-6,13H,7H2,1-3H3. The van der Waals surface area contributed by atoms with E-state index in [4.69, 9.17) is 11.6 Å². The molecule has 0 bridgehead atoms. The number of rotatable bonds is 3. The number of pyridine rings is 1. The van der Waals surface area contributed by atoms with Gasteiger partial charge in [-0.15, -0.1) is 0 Å². The quantitative estimate of drug-likeness (QED) is 0.907. The topological polar surface area (TPSA) is 59.1 Å². The molecule has 1 rings (SSSR count). The smallest absolute Gasteiger partial charge is 0.243 e. The third kappa shape index (κ3) is 3.73. The lowest BCUT2D eigenvalue weighted by Gasteiger charge is -2.18. The minimum absolute atomic E-state index is 0.0147. The fourth-order valence-electron chi connectivity index (χ4n) is 0.950. The Kier molecular flexibility index (Phi) is 3.93. The number of sulfonamides is 1. The molecule has 1 heterocycles. The Morgan fingerprint density at radius 3 is 2.56 bits per heavy atom. The number of hydrogen-bond acceptors (Lipinski definition) is 3. The molecule has 16 heavy (non-hydrogen) atoms. The molecule has 0 unspecified atom stereocenters. The first kappa shape index (κ1) is 13.4. The van der Waals surface area contributed by atoms with Crippen LogP contribution in [0.1, 0.15) is 20.8 Å². The monoisotopic (exact) mass is 262 g/mol. The van der Waals surface area contributed by atoms with E-state index in [1.54, 1.807) is 0 Å². The minimum Gasteiger partial charge on any atom is -0.263 e. The zero-order valence-corrected chi connectivity index (χ0v) is 11.1. The summed E-state index contributed by atoms with van der Waals surface area (Å²) in [5.41, 5.74) is -0.123. The Balaban J connectivity index is 2.92. The molecule has 6 heteroatoms. The maximum Gasteiger partial charge on any atom is 0.243 e. The number of halogens is 1. The van der Waals surface area contributed by atoms with Crippen molar-refractivity contribution in [2.75, 3.05) is 6.54 Å². The van der Waals surface area contributed by atoms with Crippen LogP contribution in [-0.4, -0.2) is 19.9 Å². The van der Waals surface area contributed by atoms with E-state index in [9.17, 15) is 8.42 Å². The second-order valence-electron chi connectivity index (χ2n) is 4.69. The normalized spacial score (nSPS) is 12.8. The van der Waals surface area contributed by atoms with Crippen LogP contribution in [0, 0.1) is 5.41 Å². The van der Waals surface area contributed by atoms with E-state index >= 15 is 0 Å². The minimum atomic E-state index is -3.57. The highest BCUT2D eigenvalue weighted by Crippen LogP contribution is 2.20. The van der Waals surface area contributed by atoms with Crippen LogP contribution in [0.2, 0.25) is 5.02 Å². The SMILES string of the molecule is CC(C)(C)CNS(=O)(=O)c1cnccc1Cl. The second kappa shape index (κ2) is 4.69. The van der Waals surface area contributed by atoms with Crippen molar-refractivity contribution >= 4 is 21.6 Å². The summed E-state index contributed by atoms with van der Waals surface area (Å²) in [6.07, 6.45) is 2.69. The van der Waals surface area contributed by atoms with E-state index in [-0.39, 0.29) is 15.3 Å². The fourth-order valence-corrected chi connectivity index (χ4v) is 2.66. The Hall–Kier alpha value is -0.650. The molecule has 1 aromatic heterocycles. The molecule has 1 aromatic rings. The molecule has 90 valence electrons. The fraction of sp³-hybridized carbons (Fsp3) is 0.500. The van der Waals surface area contributed by atoms with Crippen LogP contribution in [0.4, 0.5) is 0 Å². The summed E-state index contributed by atoms with van der Waals surface area (Å²) >= 11 is 5.80. The Morgan fingerprint density at radius 1 is 1.44 bits per heavy atom. The highest BCUT2D eigenvalue weighted by atomic mass is 35.5. The molecule has 0 aliphatic carbocycles. The van der Waals surface area contributed by atoms with Gasteiger partial charge >= 0.3 is 0 Å². The van der Waals surface area contributed by atoms with Gasteiger partial charge in [0.15, 0.2) is 0 Å². The van der Waals surface area contributed by atoms with Gasteiger partial charge in [-0.3, -0.25) is 4.98 Å². The van der Waals surface area contributed by atoms with E-state index in [0.29, 0.717) is 6.54 Å². The van der Waals surface area contributed by atoms with Crippen molar-refractivity contribution in [3.63, 3.8) is 0 Å². The molecule has 0 saturated heterocycles. The predicted octanol–water partition coefficient (Wildman–Crippen LogP) is 2.06. The van der Waals surface area contributed by atoms with Crippen molar-refractivity contribution in [1.82, 2.24) is 9.71 Å². The van der Waals surface area contributed by atoms with E-state index in [0.717, 1.165) is 0 Å². The van der Waals surface area contributed by atoms with Gasteiger partial charge in [-0.25, -0.2) is 13.1 Å². The molecular formula is C10H15ClN2O2S. The van der Waals surface area contributed by atoms with Gasteiger partial charge in [0.05, 0.1) is 5.02 Å². The number of hydrogen-bond donors (Lipinski definition) is 1. The van der Waals surface area contributed by atoms with Gasteiger partial charge in [-0.05, 0) is 11.5 Å². The summed E-state index contributed by atoms with van der Waals surface area (Å²) in [4.78, 5) is 3.77. The molecule has 4 nitrogen and oxygen atoms in total. The first-order valence-electron chi connectivity index (χ1n) is 4.81. The van der Waals surface area contributed by atoms with Crippen LogP contribution >= 0.6 is 11.6 Å². The number of aromatic nitrogens is 1. The van der Waals surface area contributed by atoms with Gasteiger partial charge in [0.1, 0.15) is 4.90 Å². The van der Waals surface area contributed by atoms with Crippen molar-refractivity contribution in [3.8, 4) is 0 Å². The Labute approximate surface area is 101 Å². The maximum atomic E-state index is 11.9. The molecule has 0 aromatic carbocycles. The van der Waals surface area contributed by atoms with Crippen molar-refractivity contribution in [1.29, 1.82) is 0 Å². The summed E-state index contributed by atoms with van der Waals surface area (Å²) in [5, 5.41) is 0.177. The molecule has 0 radical (unpaired) electrons. The third-order valence-electron chi connectivity index (χ3n) is 1.82. The van der Waals surface area contributed by atoms with Crippen molar-refractivity contribution in [3.05, 3.63) is 23.5 Å². The van der Waals surface area contributed by atoms with Gasteiger partial charge in [0.25, 0.3) is 0 Å². The van der Waals surface area contributed by atoms with Crippen LogP contribution in [-0.2, 0) is 10.0 Å². The molecule has 0 amide bonds. The average molecular weight is 263 g/mol. The Morgan fingerprint density at radius 2 is 2.06 bits per heavy atom. The van der Waals surface area contributed by atoms with Gasteiger partial charge in [0, 0.05) is 18.9 Å². The van der Waals surface area contributed by atoms with E-state index < -0.39 is 10.0 Å². The molecule has 0 spiro atoms. The molecule has 0 atom stereocenters. The van der Waals surface area contributed by atoms with Gasteiger partial charge < -0.3 is 0 Å². The van der Waals surface area contributed by atoms with Crippen molar-refractivity contribution in [2.24, 2.45) is 5.41 Å². The largest absolute Gasteiger partial charge is 0.263 e. The molecule has 0 aliphatic rings. The molecule has 0 saturated carbocycles. The van der Waals surface area contributed by atoms with E-state index in [2.05, 4.69) is 9.71 Å². The summed E-state index contributed by atoms with van der Waals surface area (Å²) < 4.78 is 26.2. The third-order valence-corrected chi connectivity index (χ3v) is 3.69. The predicted molar refractivity (Wildman–Crippen MR) is 63.9 cm³/mol. The first-order valence-corrected chi connectivity index (χ1v) is 6.68. The first-order chi connectivity index (χ1) is 7.22. The molecule has 1 N–H and O–H groups in total. The number of nitrogens with one attached hydrogen (secondary N) is 1. The zero-order valence-electron chi connectivity index (χ0n) is 9.49. The van der Waals surface area contributed by atoms with Crippen LogP contribution in [0.25, 0.3) is 0 Å². The molecule has 0 aliphatic heterocycles. The van der Waals surface area contributed by atoms with E-state index in [1.807, 2.05) is 20.8 Å². The zero-order chi connectivity index (χ0) is 12.4. The molecule has 0 fully saturated rings. The highest BCUT2D eigenvalue weighted by molar-refractivity contribution is 7.89.